The molecule has 0 saturated heterocycles. The van der Waals surface area contributed by atoms with E-state index in [1.807, 2.05) is 24.3 Å². The number of fused-ring (bicyclic) bond motifs is 1. The number of hydrogen-bond donors (Lipinski definition) is 2. The van der Waals surface area contributed by atoms with E-state index in [0.29, 0.717) is 30.3 Å². The molecule has 3 N–H and O–H groups in total. The molecule has 2 atom stereocenters. The Balaban J connectivity index is 1.84. The van der Waals surface area contributed by atoms with Crippen LogP contribution < -0.4 is 16.0 Å². The van der Waals surface area contributed by atoms with Crippen molar-refractivity contribution in [3.63, 3.8) is 0 Å². The van der Waals surface area contributed by atoms with Crippen molar-refractivity contribution in [2.75, 3.05) is 12.0 Å². The summed E-state index contributed by atoms with van der Waals surface area (Å²) in [5, 5.41) is 0.913. The molecule has 110 valence electrons. The van der Waals surface area contributed by atoms with Crippen LogP contribution in [-0.2, 0) is 0 Å². The van der Waals surface area contributed by atoms with Gasteiger partial charge in [-0.1, -0.05) is 31.2 Å². The summed E-state index contributed by atoms with van der Waals surface area (Å²) >= 11 is 0. The van der Waals surface area contributed by atoms with Crippen molar-refractivity contribution < 1.29 is 4.74 Å². The second-order valence-corrected chi connectivity index (χ2v) is 5.51. The smallest absolute Gasteiger partial charge is 0.241 e. The first-order valence-electron chi connectivity index (χ1n) is 7.29. The van der Waals surface area contributed by atoms with E-state index < -0.39 is 0 Å². The maximum absolute atomic E-state index is 5.99. The third-order valence-electron chi connectivity index (χ3n) is 4.05. The summed E-state index contributed by atoms with van der Waals surface area (Å²) in [7, 11) is 0. The van der Waals surface area contributed by atoms with Gasteiger partial charge in [-0.25, -0.2) is 10.8 Å². The summed E-state index contributed by atoms with van der Waals surface area (Å²) < 4.78 is 5.99. The lowest BCUT2D eigenvalue weighted by Crippen LogP contribution is -2.21. The standard InChI is InChI=1S/C16H20N4O/c1-11-6-2-3-7-12(11)10-21-15-13-8-4-5-9-14(13)18-16(19-15)20-17/h2-5,8-9,11-12H,6-7,10,17H2,1H3,(H,18,19,20). The Morgan fingerprint density at radius 1 is 1.24 bits per heavy atom. The zero-order valence-electron chi connectivity index (χ0n) is 12.1. The van der Waals surface area contributed by atoms with Crippen molar-refractivity contribution in [3.05, 3.63) is 36.4 Å². The van der Waals surface area contributed by atoms with Gasteiger partial charge >= 0.3 is 0 Å². The molecule has 21 heavy (non-hydrogen) atoms. The highest BCUT2D eigenvalue weighted by molar-refractivity contribution is 5.84. The van der Waals surface area contributed by atoms with Crippen molar-refractivity contribution >= 4 is 16.9 Å². The number of nitrogens with two attached hydrogens (primary N) is 1. The van der Waals surface area contributed by atoms with Crippen LogP contribution in [0.1, 0.15) is 19.8 Å². The normalized spacial score (nSPS) is 21.4. The van der Waals surface area contributed by atoms with Gasteiger partial charge in [0.25, 0.3) is 0 Å². The number of para-hydroxylation sites is 1. The molecule has 0 radical (unpaired) electrons. The zero-order valence-corrected chi connectivity index (χ0v) is 12.1. The van der Waals surface area contributed by atoms with Gasteiger partial charge in [0.1, 0.15) is 0 Å². The van der Waals surface area contributed by atoms with Gasteiger partial charge in [-0.3, -0.25) is 5.43 Å². The number of nitrogens with one attached hydrogen (secondary N) is 1. The lowest BCUT2D eigenvalue weighted by Gasteiger charge is -2.25. The highest BCUT2D eigenvalue weighted by atomic mass is 16.5. The van der Waals surface area contributed by atoms with E-state index in [0.717, 1.165) is 23.7 Å². The van der Waals surface area contributed by atoms with E-state index in [9.17, 15) is 0 Å². The molecule has 5 heteroatoms. The Bertz CT molecular complexity index is 656. The van der Waals surface area contributed by atoms with Crippen molar-refractivity contribution in [3.8, 4) is 5.88 Å². The van der Waals surface area contributed by atoms with E-state index in [-0.39, 0.29) is 0 Å². The van der Waals surface area contributed by atoms with Crippen LogP contribution in [0.4, 0.5) is 5.95 Å². The summed E-state index contributed by atoms with van der Waals surface area (Å²) in [6.07, 6.45) is 6.66. The SMILES string of the molecule is CC1CC=CCC1COc1nc(NN)nc2ccccc12. The Labute approximate surface area is 124 Å². The second kappa shape index (κ2) is 6.10. The largest absolute Gasteiger partial charge is 0.477 e. The predicted octanol–water partition coefficient (Wildman–Crippen LogP) is 2.90. The maximum atomic E-state index is 5.99. The molecule has 0 fully saturated rings. The molecule has 0 saturated carbocycles. The number of ether oxygens (including phenoxy) is 1. The minimum Gasteiger partial charge on any atom is -0.477 e. The molecule has 3 rings (SSSR count). The molecule has 0 amide bonds. The van der Waals surface area contributed by atoms with E-state index in [2.05, 4.69) is 34.5 Å². The van der Waals surface area contributed by atoms with Gasteiger partial charge < -0.3 is 4.74 Å². The molecule has 0 aliphatic heterocycles. The maximum Gasteiger partial charge on any atom is 0.241 e. The number of hydrogen-bond acceptors (Lipinski definition) is 5. The average Bonchev–Trinajstić information content (AvgIpc) is 2.53. The highest BCUT2D eigenvalue weighted by Gasteiger charge is 2.20. The Morgan fingerprint density at radius 3 is 2.86 bits per heavy atom. The van der Waals surface area contributed by atoms with Crippen LogP contribution in [0.5, 0.6) is 5.88 Å². The number of rotatable bonds is 4. The Morgan fingerprint density at radius 2 is 2.05 bits per heavy atom. The molecule has 1 aliphatic carbocycles. The molecule has 1 aromatic carbocycles. The Hall–Kier alpha value is -2.14. The van der Waals surface area contributed by atoms with E-state index in [4.69, 9.17) is 10.6 Å². The van der Waals surface area contributed by atoms with Gasteiger partial charge in [0.05, 0.1) is 17.5 Å². The van der Waals surface area contributed by atoms with Gasteiger partial charge in [0.2, 0.25) is 11.8 Å². The quantitative estimate of drug-likeness (QED) is 0.513. The third kappa shape index (κ3) is 2.97. The van der Waals surface area contributed by atoms with Crippen molar-refractivity contribution in [2.45, 2.75) is 19.8 Å². The summed E-state index contributed by atoms with van der Waals surface area (Å²) in [5.74, 6) is 7.56. The van der Waals surface area contributed by atoms with E-state index in [1.54, 1.807) is 0 Å². The first-order chi connectivity index (χ1) is 10.3. The topological polar surface area (TPSA) is 73.1 Å². The fraction of sp³-hybridized carbons (Fsp3) is 0.375. The van der Waals surface area contributed by atoms with Crippen molar-refractivity contribution in [1.29, 1.82) is 0 Å². The molecule has 1 aliphatic rings. The highest BCUT2D eigenvalue weighted by Crippen LogP contribution is 2.28. The van der Waals surface area contributed by atoms with Gasteiger partial charge in [-0.05, 0) is 36.8 Å². The minimum atomic E-state index is 0.375. The summed E-state index contributed by atoms with van der Waals surface area (Å²) in [6.45, 7) is 2.93. The average molecular weight is 284 g/mol. The fourth-order valence-corrected chi connectivity index (χ4v) is 2.65. The van der Waals surface area contributed by atoms with Crippen LogP contribution in [-0.4, -0.2) is 16.6 Å². The molecule has 0 bridgehead atoms. The van der Waals surface area contributed by atoms with Crippen LogP contribution in [0.25, 0.3) is 10.9 Å². The monoisotopic (exact) mass is 284 g/mol. The third-order valence-corrected chi connectivity index (χ3v) is 4.05. The van der Waals surface area contributed by atoms with Gasteiger partial charge in [-0.2, -0.15) is 4.98 Å². The number of anilines is 1. The van der Waals surface area contributed by atoms with Gasteiger partial charge in [0.15, 0.2) is 0 Å². The number of nitrogens with zero attached hydrogens (tertiary/aromatic N) is 2. The minimum absolute atomic E-state index is 0.375. The first kappa shape index (κ1) is 13.8. The molecule has 1 heterocycles. The lowest BCUT2D eigenvalue weighted by molar-refractivity contribution is 0.195. The molecular weight excluding hydrogens is 264 g/mol. The van der Waals surface area contributed by atoms with E-state index in [1.165, 1.54) is 0 Å². The van der Waals surface area contributed by atoms with Crippen LogP contribution >= 0.6 is 0 Å². The zero-order chi connectivity index (χ0) is 14.7. The number of hydrazine groups is 1. The summed E-state index contributed by atoms with van der Waals surface area (Å²) in [5.41, 5.74) is 3.32. The molecule has 0 spiro atoms. The van der Waals surface area contributed by atoms with Crippen LogP contribution in [0.3, 0.4) is 0 Å². The number of benzene rings is 1. The number of nitrogen functional groups attached to an aromatic ring is 1. The first-order valence-corrected chi connectivity index (χ1v) is 7.29. The van der Waals surface area contributed by atoms with Crippen molar-refractivity contribution in [1.82, 2.24) is 9.97 Å². The van der Waals surface area contributed by atoms with Crippen LogP contribution in [0, 0.1) is 11.8 Å². The molecule has 5 nitrogen and oxygen atoms in total. The van der Waals surface area contributed by atoms with Crippen LogP contribution in [0.15, 0.2) is 36.4 Å². The predicted molar refractivity (Wildman–Crippen MR) is 83.9 cm³/mol. The molecule has 2 aromatic rings. The number of allylic oxidation sites excluding steroid dienone is 2. The second-order valence-electron chi connectivity index (χ2n) is 5.51. The Kier molecular flexibility index (Phi) is 4.01. The molecular formula is C16H20N4O. The van der Waals surface area contributed by atoms with Gasteiger partial charge in [0, 0.05) is 0 Å². The van der Waals surface area contributed by atoms with Crippen LogP contribution in [0.2, 0.25) is 0 Å². The van der Waals surface area contributed by atoms with Gasteiger partial charge in [-0.15, -0.1) is 0 Å². The molecule has 1 aromatic heterocycles. The fourth-order valence-electron chi connectivity index (χ4n) is 2.65. The number of aromatic nitrogens is 2. The summed E-state index contributed by atoms with van der Waals surface area (Å²) in [6, 6.07) is 7.79. The van der Waals surface area contributed by atoms with Crippen molar-refractivity contribution in [2.24, 2.45) is 17.7 Å². The lowest BCUT2D eigenvalue weighted by atomic mass is 9.85. The molecule has 2 unspecified atom stereocenters. The van der Waals surface area contributed by atoms with E-state index >= 15 is 0 Å². The summed E-state index contributed by atoms with van der Waals surface area (Å²) in [4.78, 5) is 8.67.